The Balaban J connectivity index is 2.34. The minimum Gasteiger partial charge on any atom is -0.382 e. The molecular formula is C7H14N2O. The van der Waals surface area contributed by atoms with Gasteiger partial charge in [0.05, 0.1) is 12.6 Å². The summed E-state index contributed by atoms with van der Waals surface area (Å²) in [6.45, 7) is 5.31. The van der Waals surface area contributed by atoms with Gasteiger partial charge in [0.15, 0.2) is 0 Å². The maximum Gasteiger partial charge on any atom is 0.0704 e. The van der Waals surface area contributed by atoms with E-state index in [-0.39, 0.29) is 0 Å². The van der Waals surface area contributed by atoms with Gasteiger partial charge in [-0.3, -0.25) is 5.01 Å². The molecule has 1 atom stereocenters. The molecule has 0 bridgehead atoms. The van der Waals surface area contributed by atoms with E-state index in [1.807, 2.05) is 5.01 Å². The molecule has 0 N–H and O–H groups in total. The average molecular weight is 142 g/mol. The molecule has 10 heavy (non-hydrogen) atoms. The molecule has 0 aromatic rings. The summed E-state index contributed by atoms with van der Waals surface area (Å²) in [5.74, 6) is 0. The van der Waals surface area contributed by atoms with Crippen molar-refractivity contribution in [3.8, 4) is 0 Å². The summed E-state index contributed by atoms with van der Waals surface area (Å²) in [5.41, 5.74) is 0. The van der Waals surface area contributed by atoms with Gasteiger partial charge in [-0.15, -0.1) is 0 Å². The third-order valence-corrected chi connectivity index (χ3v) is 1.89. The van der Waals surface area contributed by atoms with Crippen molar-refractivity contribution in [2.75, 3.05) is 20.3 Å². The molecule has 58 valence electrons. The van der Waals surface area contributed by atoms with Crippen LogP contribution in [0.4, 0.5) is 0 Å². The molecule has 1 aliphatic rings. The van der Waals surface area contributed by atoms with Crippen LogP contribution in [0, 0.1) is 0 Å². The first-order valence-corrected chi connectivity index (χ1v) is 3.60. The van der Waals surface area contributed by atoms with Gasteiger partial charge in [0.1, 0.15) is 0 Å². The zero-order valence-electron chi connectivity index (χ0n) is 6.42. The summed E-state index contributed by atoms with van der Waals surface area (Å²) in [4.78, 5) is 0. The van der Waals surface area contributed by atoms with Crippen molar-refractivity contribution in [3.63, 3.8) is 0 Å². The number of ether oxygens (including phenoxy) is 1. The van der Waals surface area contributed by atoms with E-state index in [9.17, 15) is 0 Å². The predicted octanol–water partition coefficient (Wildman–Crippen LogP) is 0.713. The van der Waals surface area contributed by atoms with Crippen LogP contribution in [0.15, 0.2) is 5.10 Å². The van der Waals surface area contributed by atoms with Gasteiger partial charge in [-0.25, -0.2) is 0 Å². The van der Waals surface area contributed by atoms with Crippen LogP contribution in [0.3, 0.4) is 0 Å². The van der Waals surface area contributed by atoms with E-state index < -0.39 is 0 Å². The van der Waals surface area contributed by atoms with Crippen molar-refractivity contribution in [2.24, 2.45) is 5.10 Å². The number of hydrogen-bond acceptors (Lipinski definition) is 3. The van der Waals surface area contributed by atoms with Crippen molar-refractivity contribution in [1.29, 1.82) is 0 Å². The second-order valence-electron chi connectivity index (χ2n) is 2.56. The Labute approximate surface area is 61.7 Å². The van der Waals surface area contributed by atoms with Gasteiger partial charge >= 0.3 is 0 Å². The van der Waals surface area contributed by atoms with Gasteiger partial charge in [0.2, 0.25) is 0 Å². The molecule has 0 spiro atoms. The highest BCUT2D eigenvalue weighted by Crippen LogP contribution is 2.16. The lowest BCUT2D eigenvalue weighted by molar-refractivity contribution is 0.118. The fraction of sp³-hybridized carbons (Fsp3) is 0.857. The van der Waals surface area contributed by atoms with Crippen molar-refractivity contribution in [1.82, 2.24) is 5.01 Å². The Morgan fingerprint density at radius 2 is 2.60 bits per heavy atom. The fourth-order valence-electron chi connectivity index (χ4n) is 1.37. The number of hydrogen-bond donors (Lipinski definition) is 0. The van der Waals surface area contributed by atoms with Crippen molar-refractivity contribution in [3.05, 3.63) is 0 Å². The van der Waals surface area contributed by atoms with E-state index >= 15 is 0 Å². The van der Waals surface area contributed by atoms with Crippen molar-refractivity contribution in [2.45, 2.75) is 18.9 Å². The number of nitrogens with zero attached hydrogens (tertiary/aromatic N) is 2. The third-order valence-electron chi connectivity index (χ3n) is 1.89. The lowest BCUT2D eigenvalue weighted by Gasteiger charge is -2.19. The molecule has 0 aliphatic carbocycles. The molecule has 0 aromatic heterocycles. The van der Waals surface area contributed by atoms with Gasteiger partial charge in [0.25, 0.3) is 0 Å². The molecule has 0 aromatic carbocycles. The first-order valence-electron chi connectivity index (χ1n) is 3.60. The highest BCUT2D eigenvalue weighted by Gasteiger charge is 2.21. The van der Waals surface area contributed by atoms with E-state index in [1.165, 1.54) is 12.8 Å². The predicted molar refractivity (Wildman–Crippen MR) is 41.2 cm³/mol. The Morgan fingerprint density at radius 3 is 3.20 bits per heavy atom. The van der Waals surface area contributed by atoms with E-state index in [1.54, 1.807) is 7.11 Å². The molecule has 0 saturated carbocycles. The molecule has 3 heteroatoms. The second kappa shape index (κ2) is 3.56. The summed E-state index contributed by atoms with van der Waals surface area (Å²) in [7, 11) is 1.72. The Hall–Kier alpha value is -0.570. The zero-order chi connectivity index (χ0) is 7.40. The molecule has 0 amide bonds. The lowest BCUT2D eigenvalue weighted by atomic mass is 10.2. The van der Waals surface area contributed by atoms with Crippen LogP contribution in [-0.2, 0) is 4.74 Å². The third kappa shape index (κ3) is 1.48. The van der Waals surface area contributed by atoms with Crippen LogP contribution >= 0.6 is 0 Å². The van der Waals surface area contributed by atoms with Gasteiger partial charge in [-0.2, -0.15) is 5.10 Å². The molecular weight excluding hydrogens is 128 g/mol. The van der Waals surface area contributed by atoms with Gasteiger partial charge in [0, 0.05) is 20.4 Å². The quantitative estimate of drug-likeness (QED) is 0.542. The topological polar surface area (TPSA) is 24.8 Å². The van der Waals surface area contributed by atoms with E-state index in [4.69, 9.17) is 4.74 Å². The number of rotatable bonds is 3. The summed E-state index contributed by atoms with van der Waals surface area (Å²) in [5, 5.41) is 5.89. The number of hydrazone groups is 1. The highest BCUT2D eigenvalue weighted by atomic mass is 16.5. The van der Waals surface area contributed by atoms with Crippen LogP contribution in [0.25, 0.3) is 0 Å². The Kier molecular flexibility index (Phi) is 2.68. The van der Waals surface area contributed by atoms with E-state index in [0.29, 0.717) is 6.04 Å². The largest absolute Gasteiger partial charge is 0.382 e. The van der Waals surface area contributed by atoms with Crippen LogP contribution in [0.5, 0.6) is 0 Å². The van der Waals surface area contributed by atoms with E-state index in [2.05, 4.69) is 11.8 Å². The molecule has 3 nitrogen and oxygen atoms in total. The molecule has 1 fully saturated rings. The minimum atomic E-state index is 0.475. The first kappa shape index (κ1) is 7.54. The van der Waals surface area contributed by atoms with E-state index in [0.717, 1.165) is 13.2 Å². The van der Waals surface area contributed by atoms with Gasteiger partial charge in [-0.05, 0) is 12.8 Å². The monoisotopic (exact) mass is 142 g/mol. The van der Waals surface area contributed by atoms with Crippen LogP contribution in [-0.4, -0.2) is 38.0 Å². The van der Waals surface area contributed by atoms with Gasteiger partial charge < -0.3 is 4.74 Å². The average Bonchev–Trinajstić information content (AvgIpc) is 2.36. The molecule has 0 unspecified atom stereocenters. The van der Waals surface area contributed by atoms with Crippen LogP contribution in [0.2, 0.25) is 0 Å². The highest BCUT2D eigenvalue weighted by molar-refractivity contribution is 5.22. The first-order chi connectivity index (χ1) is 4.88. The molecule has 1 heterocycles. The summed E-state index contributed by atoms with van der Waals surface area (Å²) >= 11 is 0. The molecule has 1 aliphatic heterocycles. The lowest BCUT2D eigenvalue weighted by Crippen LogP contribution is -2.27. The van der Waals surface area contributed by atoms with Crippen LogP contribution < -0.4 is 0 Å². The Bertz CT molecular complexity index is 116. The summed E-state index contributed by atoms with van der Waals surface area (Å²) < 4.78 is 5.03. The zero-order valence-corrected chi connectivity index (χ0v) is 6.42. The van der Waals surface area contributed by atoms with Crippen molar-refractivity contribution < 1.29 is 4.74 Å². The van der Waals surface area contributed by atoms with Crippen molar-refractivity contribution >= 4 is 6.72 Å². The van der Waals surface area contributed by atoms with Crippen LogP contribution in [0.1, 0.15) is 12.8 Å². The standard InChI is InChI=1S/C7H14N2O/c1-8-9-5-3-4-7(9)6-10-2/h7H,1,3-6H2,2H3/t7-/m1/s1. The smallest absolute Gasteiger partial charge is 0.0704 e. The molecule has 1 rings (SSSR count). The SMILES string of the molecule is C=NN1CCC[C@@H]1COC. The normalized spacial score (nSPS) is 25.3. The molecule has 0 radical (unpaired) electrons. The van der Waals surface area contributed by atoms with Gasteiger partial charge in [-0.1, -0.05) is 0 Å². The fourth-order valence-corrected chi connectivity index (χ4v) is 1.37. The second-order valence-corrected chi connectivity index (χ2v) is 2.56. The minimum absolute atomic E-state index is 0.475. The summed E-state index contributed by atoms with van der Waals surface area (Å²) in [6, 6.07) is 0.475. The summed E-state index contributed by atoms with van der Waals surface area (Å²) in [6.07, 6.45) is 2.40. The molecule has 1 saturated heterocycles. The number of methoxy groups -OCH3 is 1. The maximum absolute atomic E-state index is 5.03. The maximum atomic E-state index is 5.03. The Morgan fingerprint density at radius 1 is 1.80 bits per heavy atom.